The zero-order chi connectivity index (χ0) is 13.5. The molecule has 2 rings (SSSR count). The van der Waals surface area contributed by atoms with Crippen molar-refractivity contribution in [2.24, 2.45) is 5.92 Å². The Hall–Kier alpha value is -1.35. The Labute approximate surface area is 115 Å². The first-order chi connectivity index (χ1) is 9.25. The average Bonchev–Trinajstić information content (AvgIpc) is 2.45. The van der Waals surface area contributed by atoms with Gasteiger partial charge in [0.1, 0.15) is 0 Å². The molecule has 2 unspecified atom stereocenters. The van der Waals surface area contributed by atoms with Gasteiger partial charge in [-0.15, -0.1) is 0 Å². The van der Waals surface area contributed by atoms with E-state index >= 15 is 0 Å². The minimum absolute atomic E-state index is 0.160. The first-order valence-electron chi connectivity index (χ1n) is 7.30. The molecule has 1 saturated heterocycles. The summed E-state index contributed by atoms with van der Waals surface area (Å²) in [7, 11) is 0. The van der Waals surface area contributed by atoms with Crippen LogP contribution in [0, 0.1) is 5.92 Å². The summed E-state index contributed by atoms with van der Waals surface area (Å²) in [6.45, 7) is 3.78. The lowest BCUT2D eigenvalue weighted by Gasteiger charge is -2.26. The molecule has 1 heterocycles. The number of benzene rings is 1. The molecule has 3 nitrogen and oxygen atoms in total. The Morgan fingerprint density at radius 1 is 1.32 bits per heavy atom. The van der Waals surface area contributed by atoms with Crippen LogP contribution in [0.2, 0.25) is 0 Å². The van der Waals surface area contributed by atoms with Crippen molar-refractivity contribution in [3.63, 3.8) is 0 Å². The largest absolute Gasteiger partial charge is 0.356 e. The lowest BCUT2D eigenvalue weighted by Crippen LogP contribution is -2.44. The fourth-order valence-electron chi connectivity index (χ4n) is 2.52. The standard InChI is InChI=1S/C16H24N2O/c1-13-9-10-15(12-18-13)16(19)17-11-5-8-14-6-3-2-4-7-14/h2-4,6-7,13,15,18H,5,8-12H2,1H3,(H,17,19). The second kappa shape index (κ2) is 7.29. The summed E-state index contributed by atoms with van der Waals surface area (Å²) in [5.41, 5.74) is 1.34. The Kier molecular flexibility index (Phi) is 5.40. The second-order valence-corrected chi connectivity index (χ2v) is 5.46. The Morgan fingerprint density at radius 2 is 2.11 bits per heavy atom. The van der Waals surface area contributed by atoms with E-state index in [-0.39, 0.29) is 11.8 Å². The number of rotatable bonds is 5. The highest BCUT2D eigenvalue weighted by atomic mass is 16.1. The summed E-state index contributed by atoms with van der Waals surface area (Å²) in [6, 6.07) is 11.0. The molecule has 104 valence electrons. The Morgan fingerprint density at radius 3 is 2.79 bits per heavy atom. The van der Waals surface area contributed by atoms with Crippen molar-refractivity contribution in [1.29, 1.82) is 0 Å². The van der Waals surface area contributed by atoms with Crippen molar-refractivity contribution in [3.8, 4) is 0 Å². The highest BCUT2D eigenvalue weighted by Crippen LogP contribution is 2.14. The summed E-state index contributed by atoms with van der Waals surface area (Å²) in [5.74, 6) is 0.375. The van der Waals surface area contributed by atoms with Gasteiger partial charge in [-0.2, -0.15) is 0 Å². The van der Waals surface area contributed by atoms with Gasteiger partial charge in [0, 0.05) is 19.1 Å². The number of carbonyl (C=O) groups excluding carboxylic acids is 1. The molecule has 0 aromatic heterocycles. The van der Waals surface area contributed by atoms with E-state index in [4.69, 9.17) is 0 Å². The van der Waals surface area contributed by atoms with Gasteiger partial charge >= 0.3 is 0 Å². The maximum atomic E-state index is 12.0. The average molecular weight is 260 g/mol. The van der Waals surface area contributed by atoms with Crippen molar-refractivity contribution in [3.05, 3.63) is 35.9 Å². The topological polar surface area (TPSA) is 41.1 Å². The molecule has 1 aromatic rings. The van der Waals surface area contributed by atoms with Crippen molar-refractivity contribution in [2.75, 3.05) is 13.1 Å². The Balaban J connectivity index is 1.61. The number of hydrogen-bond donors (Lipinski definition) is 2. The first-order valence-corrected chi connectivity index (χ1v) is 7.30. The summed E-state index contributed by atoms with van der Waals surface area (Å²) < 4.78 is 0. The van der Waals surface area contributed by atoms with Crippen molar-refractivity contribution in [2.45, 2.75) is 38.6 Å². The van der Waals surface area contributed by atoms with Crippen LogP contribution in [0.15, 0.2) is 30.3 Å². The van der Waals surface area contributed by atoms with E-state index in [9.17, 15) is 4.79 Å². The molecule has 1 fully saturated rings. The van der Waals surface area contributed by atoms with E-state index in [1.807, 2.05) is 6.07 Å². The number of carbonyl (C=O) groups is 1. The van der Waals surface area contributed by atoms with Crippen LogP contribution >= 0.6 is 0 Å². The number of nitrogens with one attached hydrogen (secondary N) is 2. The van der Waals surface area contributed by atoms with Gasteiger partial charge in [0.15, 0.2) is 0 Å². The van der Waals surface area contributed by atoms with Gasteiger partial charge in [-0.05, 0) is 38.2 Å². The molecule has 1 aliphatic rings. The van der Waals surface area contributed by atoms with E-state index in [1.165, 1.54) is 5.56 Å². The summed E-state index contributed by atoms with van der Waals surface area (Å²) in [5, 5.41) is 6.43. The first kappa shape index (κ1) is 14.1. The minimum Gasteiger partial charge on any atom is -0.356 e. The van der Waals surface area contributed by atoms with Crippen LogP contribution in [0.5, 0.6) is 0 Å². The summed E-state index contributed by atoms with van der Waals surface area (Å²) in [4.78, 5) is 12.0. The van der Waals surface area contributed by atoms with Gasteiger partial charge in [0.25, 0.3) is 0 Å². The quantitative estimate of drug-likeness (QED) is 0.796. The third-order valence-corrected chi connectivity index (χ3v) is 3.82. The maximum absolute atomic E-state index is 12.0. The fourth-order valence-corrected chi connectivity index (χ4v) is 2.52. The monoisotopic (exact) mass is 260 g/mol. The van der Waals surface area contributed by atoms with Crippen LogP contribution in [0.1, 0.15) is 31.7 Å². The summed E-state index contributed by atoms with van der Waals surface area (Å²) in [6.07, 6.45) is 4.15. The predicted molar refractivity (Wildman–Crippen MR) is 78.0 cm³/mol. The SMILES string of the molecule is CC1CCC(C(=O)NCCCc2ccccc2)CN1. The number of amides is 1. The third-order valence-electron chi connectivity index (χ3n) is 3.82. The predicted octanol–water partition coefficient (Wildman–Crippen LogP) is 2.12. The third kappa shape index (κ3) is 4.67. The number of aryl methyl sites for hydroxylation is 1. The second-order valence-electron chi connectivity index (χ2n) is 5.46. The van der Waals surface area contributed by atoms with Crippen LogP contribution in [0.25, 0.3) is 0 Å². The van der Waals surface area contributed by atoms with Crippen molar-refractivity contribution in [1.82, 2.24) is 10.6 Å². The van der Waals surface area contributed by atoms with Crippen LogP contribution in [-0.2, 0) is 11.2 Å². The number of piperidine rings is 1. The fraction of sp³-hybridized carbons (Fsp3) is 0.562. The van der Waals surface area contributed by atoms with E-state index in [1.54, 1.807) is 0 Å². The number of hydrogen-bond acceptors (Lipinski definition) is 2. The van der Waals surface area contributed by atoms with Crippen LogP contribution in [-0.4, -0.2) is 25.0 Å². The minimum atomic E-state index is 0.160. The van der Waals surface area contributed by atoms with Crippen molar-refractivity contribution < 1.29 is 4.79 Å². The highest BCUT2D eigenvalue weighted by molar-refractivity contribution is 5.78. The van der Waals surface area contributed by atoms with Gasteiger partial charge in [0.2, 0.25) is 5.91 Å². The molecule has 0 aliphatic carbocycles. The van der Waals surface area contributed by atoms with Gasteiger partial charge in [-0.3, -0.25) is 4.79 Å². The molecule has 1 aromatic carbocycles. The van der Waals surface area contributed by atoms with Gasteiger partial charge in [-0.25, -0.2) is 0 Å². The lowest BCUT2D eigenvalue weighted by atomic mass is 9.95. The molecule has 1 amide bonds. The summed E-state index contributed by atoms with van der Waals surface area (Å²) >= 11 is 0. The van der Waals surface area contributed by atoms with Crippen LogP contribution < -0.4 is 10.6 Å². The van der Waals surface area contributed by atoms with E-state index in [2.05, 4.69) is 41.8 Å². The van der Waals surface area contributed by atoms with Crippen LogP contribution in [0.4, 0.5) is 0 Å². The zero-order valence-corrected chi connectivity index (χ0v) is 11.7. The molecule has 0 radical (unpaired) electrons. The van der Waals surface area contributed by atoms with Gasteiger partial charge < -0.3 is 10.6 Å². The maximum Gasteiger partial charge on any atom is 0.224 e. The molecule has 1 aliphatic heterocycles. The lowest BCUT2D eigenvalue weighted by molar-refractivity contribution is -0.125. The highest BCUT2D eigenvalue weighted by Gasteiger charge is 2.23. The van der Waals surface area contributed by atoms with Gasteiger partial charge in [0.05, 0.1) is 5.92 Å². The molecule has 2 atom stereocenters. The van der Waals surface area contributed by atoms with Gasteiger partial charge in [-0.1, -0.05) is 30.3 Å². The molecular formula is C16H24N2O. The molecular weight excluding hydrogens is 236 g/mol. The molecule has 0 spiro atoms. The molecule has 2 N–H and O–H groups in total. The van der Waals surface area contributed by atoms with E-state index in [0.29, 0.717) is 6.04 Å². The zero-order valence-electron chi connectivity index (χ0n) is 11.7. The van der Waals surface area contributed by atoms with Crippen molar-refractivity contribution >= 4 is 5.91 Å². The normalized spacial score (nSPS) is 23.0. The smallest absolute Gasteiger partial charge is 0.224 e. The Bertz CT molecular complexity index is 383. The van der Waals surface area contributed by atoms with E-state index < -0.39 is 0 Å². The molecule has 19 heavy (non-hydrogen) atoms. The molecule has 0 bridgehead atoms. The molecule has 0 saturated carbocycles. The molecule has 3 heteroatoms. The van der Waals surface area contributed by atoms with Crippen LogP contribution in [0.3, 0.4) is 0 Å². The van der Waals surface area contributed by atoms with E-state index in [0.717, 1.165) is 38.8 Å².